The summed E-state index contributed by atoms with van der Waals surface area (Å²) in [4.78, 5) is 0.237. The van der Waals surface area contributed by atoms with Gasteiger partial charge in [0.2, 0.25) is 0 Å². The molecule has 0 amide bonds. The molecule has 21 heavy (non-hydrogen) atoms. The maximum atomic E-state index is 13.4. The zero-order chi connectivity index (χ0) is 15.5. The number of nitrogens with two attached hydrogens (primary N) is 1. The summed E-state index contributed by atoms with van der Waals surface area (Å²) in [5.74, 6) is 0.384. The zero-order valence-electron chi connectivity index (χ0n) is 12.9. The van der Waals surface area contributed by atoms with Gasteiger partial charge in [-0.05, 0) is 48.8 Å². The van der Waals surface area contributed by atoms with Crippen molar-refractivity contribution in [2.75, 3.05) is 11.9 Å². The van der Waals surface area contributed by atoms with Crippen LogP contribution in [-0.2, 0) is 0 Å². The fourth-order valence-corrected chi connectivity index (χ4v) is 3.77. The topological polar surface area (TPSA) is 38.0 Å². The van der Waals surface area contributed by atoms with Crippen LogP contribution in [0, 0.1) is 17.2 Å². The van der Waals surface area contributed by atoms with Gasteiger partial charge in [0, 0.05) is 17.8 Å². The normalized spacial score (nSPS) is 17.1. The van der Waals surface area contributed by atoms with E-state index < -0.39 is 0 Å². The Kier molecular flexibility index (Phi) is 5.20. The second-order valence-electron chi connectivity index (χ2n) is 6.71. The minimum atomic E-state index is -0.305. The molecule has 1 fully saturated rings. The van der Waals surface area contributed by atoms with E-state index in [4.69, 9.17) is 18.0 Å². The molecule has 0 heterocycles. The lowest BCUT2D eigenvalue weighted by molar-refractivity contribution is 0.252. The Labute approximate surface area is 132 Å². The highest BCUT2D eigenvalue weighted by molar-refractivity contribution is 7.80. The molecule has 4 heteroatoms. The molecule has 3 N–H and O–H groups in total. The molecule has 1 saturated carbocycles. The zero-order valence-corrected chi connectivity index (χ0v) is 13.7. The fourth-order valence-electron chi connectivity index (χ4n) is 3.60. The molecule has 2 rings (SSSR count). The maximum absolute atomic E-state index is 13.4. The number of halogens is 1. The summed E-state index contributed by atoms with van der Waals surface area (Å²) < 4.78 is 13.4. The van der Waals surface area contributed by atoms with Crippen LogP contribution in [0.5, 0.6) is 0 Å². The predicted molar refractivity (Wildman–Crippen MR) is 91.1 cm³/mol. The quantitative estimate of drug-likeness (QED) is 0.761. The van der Waals surface area contributed by atoms with E-state index in [0.717, 1.165) is 12.2 Å². The molecule has 0 unspecified atom stereocenters. The van der Waals surface area contributed by atoms with Crippen LogP contribution in [0.25, 0.3) is 0 Å². The van der Waals surface area contributed by atoms with Crippen molar-refractivity contribution in [2.24, 2.45) is 17.1 Å². The number of hydrogen-bond donors (Lipinski definition) is 2. The third-order valence-electron chi connectivity index (χ3n) is 4.41. The summed E-state index contributed by atoms with van der Waals surface area (Å²) in [6.07, 6.45) is 6.37. The van der Waals surface area contributed by atoms with Gasteiger partial charge in [-0.1, -0.05) is 38.9 Å². The second kappa shape index (κ2) is 6.73. The number of benzene rings is 1. The molecule has 0 bridgehead atoms. The van der Waals surface area contributed by atoms with E-state index in [1.54, 1.807) is 6.07 Å². The van der Waals surface area contributed by atoms with Gasteiger partial charge in [-0.15, -0.1) is 0 Å². The first-order valence-electron chi connectivity index (χ1n) is 7.75. The highest BCUT2D eigenvalue weighted by atomic mass is 32.1. The molecule has 116 valence electrons. The summed E-state index contributed by atoms with van der Waals surface area (Å²) >= 11 is 5.03. The average Bonchev–Trinajstić information content (AvgIpc) is 2.85. The van der Waals surface area contributed by atoms with Crippen molar-refractivity contribution in [3.05, 3.63) is 29.6 Å². The van der Waals surface area contributed by atoms with Crippen molar-refractivity contribution in [1.29, 1.82) is 0 Å². The monoisotopic (exact) mass is 308 g/mol. The Hall–Kier alpha value is -1.16. The van der Waals surface area contributed by atoms with Crippen LogP contribution < -0.4 is 11.1 Å². The molecule has 0 atom stereocenters. The first-order chi connectivity index (χ1) is 9.92. The van der Waals surface area contributed by atoms with Gasteiger partial charge in [0.1, 0.15) is 10.8 Å². The Morgan fingerprint density at radius 3 is 2.62 bits per heavy atom. The minimum absolute atomic E-state index is 0.237. The summed E-state index contributed by atoms with van der Waals surface area (Å²) in [7, 11) is 0. The van der Waals surface area contributed by atoms with E-state index in [1.807, 2.05) is 0 Å². The highest BCUT2D eigenvalue weighted by Gasteiger charge is 2.34. The van der Waals surface area contributed by atoms with Crippen molar-refractivity contribution in [2.45, 2.75) is 46.0 Å². The molecular weight excluding hydrogens is 283 g/mol. The van der Waals surface area contributed by atoms with Crippen LogP contribution in [0.2, 0.25) is 0 Å². The third-order valence-corrected chi connectivity index (χ3v) is 4.63. The number of thiocarbonyl (C=S) groups is 1. The number of hydrogen-bond acceptors (Lipinski definition) is 2. The predicted octanol–water partition coefficient (Wildman–Crippen LogP) is 4.48. The molecule has 1 aromatic carbocycles. The molecule has 0 aliphatic heterocycles. The van der Waals surface area contributed by atoms with Crippen LogP contribution in [-0.4, -0.2) is 11.5 Å². The molecule has 0 saturated heterocycles. The molecule has 1 aromatic rings. The minimum Gasteiger partial charge on any atom is -0.389 e. The summed E-state index contributed by atoms with van der Waals surface area (Å²) in [6.45, 7) is 5.46. The van der Waals surface area contributed by atoms with Crippen LogP contribution in [0.3, 0.4) is 0 Å². The number of rotatable bonds is 6. The largest absolute Gasteiger partial charge is 0.389 e. The molecule has 0 radical (unpaired) electrons. The molecule has 2 nitrogen and oxygen atoms in total. The van der Waals surface area contributed by atoms with Gasteiger partial charge < -0.3 is 11.1 Å². The van der Waals surface area contributed by atoms with E-state index in [-0.39, 0.29) is 10.8 Å². The van der Waals surface area contributed by atoms with Crippen LogP contribution >= 0.6 is 12.2 Å². The van der Waals surface area contributed by atoms with Gasteiger partial charge in [-0.2, -0.15) is 0 Å². The SMILES string of the molecule is CC(C)CC1(CNc2ccc(F)cc2C(N)=S)CCCC1. The lowest BCUT2D eigenvalue weighted by Gasteiger charge is -2.32. The molecule has 0 aromatic heterocycles. The Balaban J connectivity index is 2.12. The molecular formula is C17H25FN2S. The van der Waals surface area contributed by atoms with Crippen molar-refractivity contribution in [3.63, 3.8) is 0 Å². The van der Waals surface area contributed by atoms with Crippen molar-refractivity contribution in [3.8, 4) is 0 Å². The lowest BCUT2D eigenvalue weighted by atomic mass is 9.78. The van der Waals surface area contributed by atoms with Gasteiger partial charge in [0.05, 0.1) is 0 Å². The number of nitrogens with one attached hydrogen (secondary N) is 1. The highest BCUT2D eigenvalue weighted by Crippen LogP contribution is 2.43. The molecule has 1 aliphatic rings. The third kappa shape index (κ3) is 4.16. The Bertz CT molecular complexity index is 508. The number of anilines is 1. The van der Waals surface area contributed by atoms with Crippen LogP contribution in [0.1, 0.15) is 51.5 Å². The fraction of sp³-hybridized carbons (Fsp3) is 0.588. The van der Waals surface area contributed by atoms with Crippen molar-refractivity contribution >= 4 is 22.9 Å². The first-order valence-corrected chi connectivity index (χ1v) is 8.16. The van der Waals surface area contributed by atoms with Gasteiger partial charge in [0.25, 0.3) is 0 Å². The summed E-state index contributed by atoms with van der Waals surface area (Å²) in [5.41, 5.74) is 7.51. The molecule has 0 spiro atoms. The van der Waals surface area contributed by atoms with Crippen LogP contribution in [0.4, 0.5) is 10.1 Å². The van der Waals surface area contributed by atoms with E-state index in [0.29, 0.717) is 16.9 Å². The molecule has 1 aliphatic carbocycles. The van der Waals surface area contributed by atoms with E-state index in [1.165, 1.54) is 44.2 Å². The smallest absolute Gasteiger partial charge is 0.124 e. The average molecular weight is 308 g/mol. The lowest BCUT2D eigenvalue weighted by Crippen LogP contribution is -2.29. The Morgan fingerprint density at radius 1 is 1.38 bits per heavy atom. The van der Waals surface area contributed by atoms with Gasteiger partial charge >= 0.3 is 0 Å². The van der Waals surface area contributed by atoms with Gasteiger partial charge in [0.15, 0.2) is 0 Å². The first kappa shape index (κ1) is 16.2. The van der Waals surface area contributed by atoms with E-state index in [2.05, 4.69) is 19.2 Å². The Morgan fingerprint density at radius 2 is 2.05 bits per heavy atom. The second-order valence-corrected chi connectivity index (χ2v) is 7.15. The van der Waals surface area contributed by atoms with E-state index in [9.17, 15) is 4.39 Å². The van der Waals surface area contributed by atoms with Crippen molar-refractivity contribution < 1.29 is 4.39 Å². The standard InChI is InChI=1S/C17H25FN2S/c1-12(2)10-17(7-3-4-8-17)11-20-15-6-5-13(18)9-14(15)16(19)21/h5-6,9,12,20H,3-4,7-8,10-11H2,1-2H3,(H2,19,21). The van der Waals surface area contributed by atoms with Gasteiger partial charge in [-0.3, -0.25) is 0 Å². The summed E-state index contributed by atoms with van der Waals surface area (Å²) in [6, 6.07) is 4.60. The summed E-state index contributed by atoms with van der Waals surface area (Å²) in [5, 5.41) is 3.48. The van der Waals surface area contributed by atoms with Crippen molar-refractivity contribution in [1.82, 2.24) is 0 Å². The maximum Gasteiger partial charge on any atom is 0.124 e. The van der Waals surface area contributed by atoms with E-state index >= 15 is 0 Å². The van der Waals surface area contributed by atoms with Gasteiger partial charge in [-0.25, -0.2) is 4.39 Å². The van der Waals surface area contributed by atoms with Crippen LogP contribution in [0.15, 0.2) is 18.2 Å².